The zero-order valence-corrected chi connectivity index (χ0v) is 12.7. The highest BCUT2D eigenvalue weighted by molar-refractivity contribution is 5.54. The molecule has 0 unspecified atom stereocenters. The summed E-state index contributed by atoms with van der Waals surface area (Å²) >= 11 is 0. The van der Waals surface area contributed by atoms with E-state index in [2.05, 4.69) is 52.0 Å². The van der Waals surface area contributed by atoms with Crippen molar-refractivity contribution in [1.29, 1.82) is 0 Å². The van der Waals surface area contributed by atoms with Crippen molar-refractivity contribution in [3.8, 4) is 5.75 Å². The van der Waals surface area contributed by atoms with Crippen LogP contribution in [0.25, 0.3) is 0 Å². The van der Waals surface area contributed by atoms with Crippen LogP contribution in [0.2, 0.25) is 0 Å². The number of hydrogen-bond acceptors (Lipinski definition) is 2. The van der Waals surface area contributed by atoms with Crippen LogP contribution in [-0.4, -0.2) is 0 Å². The van der Waals surface area contributed by atoms with Gasteiger partial charge in [-0.3, -0.25) is 0 Å². The van der Waals surface area contributed by atoms with Crippen molar-refractivity contribution in [3.63, 3.8) is 0 Å². The molecule has 2 aromatic rings. The molecule has 0 radical (unpaired) electrons. The van der Waals surface area contributed by atoms with Crippen LogP contribution in [-0.2, 0) is 6.61 Å². The summed E-state index contributed by atoms with van der Waals surface area (Å²) < 4.78 is 5.85. The van der Waals surface area contributed by atoms with E-state index in [0.717, 1.165) is 5.75 Å². The summed E-state index contributed by atoms with van der Waals surface area (Å²) in [6.07, 6.45) is 0. The van der Waals surface area contributed by atoms with E-state index in [1.165, 1.54) is 22.3 Å². The van der Waals surface area contributed by atoms with Crippen LogP contribution in [0, 0.1) is 13.8 Å². The van der Waals surface area contributed by atoms with Crippen molar-refractivity contribution in [2.45, 2.75) is 40.2 Å². The van der Waals surface area contributed by atoms with Crippen LogP contribution in [0.4, 0.5) is 5.69 Å². The molecule has 2 nitrogen and oxygen atoms in total. The van der Waals surface area contributed by atoms with E-state index in [-0.39, 0.29) is 0 Å². The van der Waals surface area contributed by atoms with Crippen LogP contribution in [0.5, 0.6) is 5.75 Å². The van der Waals surface area contributed by atoms with Gasteiger partial charge in [-0.05, 0) is 48.6 Å². The van der Waals surface area contributed by atoms with Gasteiger partial charge in [0.1, 0.15) is 12.4 Å². The Balaban J connectivity index is 2.11. The maximum atomic E-state index is 6.06. The first-order chi connectivity index (χ1) is 9.47. The molecule has 2 rings (SSSR count). The van der Waals surface area contributed by atoms with Crippen LogP contribution >= 0.6 is 0 Å². The van der Waals surface area contributed by atoms with Crippen molar-refractivity contribution < 1.29 is 4.74 Å². The molecular weight excluding hydrogens is 246 g/mol. The molecule has 2 N–H and O–H groups in total. The molecule has 2 heteroatoms. The average molecular weight is 269 g/mol. The second-order valence-electron chi connectivity index (χ2n) is 5.67. The molecule has 2 aromatic carbocycles. The van der Waals surface area contributed by atoms with E-state index in [1.54, 1.807) is 0 Å². The standard InChI is InChI=1S/C18H23NO/c1-12(2)15-7-8-18(17(19)10-15)20-11-16-6-5-13(3)9-14(16)4/h5-10,12H,11,19H2,1-4H3. The number of nitrogen functional groups attached to an aromatic ring is 1. The molecule has 0 fully saturated rings. The van der Waals surface area contributed by atoms with E-state index < -0.39 is 0 Å². The first kappa shape index (κ1) is 14.4. The lowest BCUT2D eigenvalue weighted by atomic mass is 10.0. The fourth-order valence-corrected chi connectivity index (χ4v) is 2.22. The molecule has 20 heavy (non-hydrogen) atoms. The maximum Gasteiger partial charge on any atom is 0.142 e. The highest BCUT2D eigenvalue weighted by atomic mass is 16.5. The van der Waals surface area contributed by atoms with Crippen molar-refractivity contribution in [1.82, 2.24) is 0 Å². The zero-order chi connectivity index (χ0) is 14.7. The number of anilines is 1. The van der Waals surface area contributed by atoms with Gasteiger partial charge >= 0.3 is 0 Å². The van der Waals surface area contributed by atoms with Gasteiger partial charge < -0.3 is 10.5 Å². The van der Waals surface area contributed by atoms with Gasteiger partial charge in [-0.25, -0.2) is 0 Å². The minimum absolute atomic E-state index is 0.477. The number of benzene rings is 2. The monoisotopic (exact) mass is 269 g/mol. The third-order valence-electron chi connectivity index (χ3n) is 3.58. The van der Waals surface area contributed by atoms with Gasteiger partial charge in [-0.15, -0.1) is 0 Å². The highest BCUT2D eigenvalue weighted by Gasteiger charge is 2.06. The van der Waals surface area contributed by atoms with E-state index in [4.69, 9.17) is 10.5 Å². The predicted octanol–water partition coefficient (Wildman–Crippen LogP) is 4.59. The molecule has 0 aromatic heterocycles. The van der Waals surface area contributed by atoms with Gasteiger partial charge in [0.15, 0.2) is 0 Å². The summed E-state index contributed by atoms with van der Waals surface area (Å²) in [7, 11) is 0. The molecule has 0 aliphatic carbocycles. The van der Waals surface area contributed by atoms with E-state index in [1.807, 2.05) is 12.1 Å². The Morgan fingerprint density at radius 2 is 1.80 bits per heavy atom. The van der Waals surface area contributed by atoms with Gasteiger partial charge in [0.2, 0.25) is 0 Å². The van der Waals surface area contributed by atoms with E-state index in [9.17, 15) is 0 Å². The lowest BCUT2D eigenvalue weighted by Crippen LogP contribution is -2.01. The van der Waals surface area contributed by atoms with Gasteiger partial charge in [0.05, 0.1) is 5.69 Å². The summed E-state index contributed by atoms with van der Waals surface area (Å²) in [4.78, 5) is 0. The fraction of sp³-hybridized carbons (Fsp3) is 0.333. The van der Waals surface area contributed by atoms with Crippen LogP contribution in [0.15, 0.2) is 36.4 Å². The second kappa shape index (κ2) is 6.00. The molecule has 0 saturated heterocycles. The SMILES string of the molecule is Cc1ccc(COc2ccc(C(C)C)cc2N)c(C)c1. The topological polar surface area (TPSA) is 35.2 Å². The van der Waals surface area contributed by atoms with Crippen molar-refractivity contribution >= 4 is 5.69 Å². The molecule has 0 saturated carbocycles. The van der Waals surface area contributed by atoms with Crippen molar-refractivity contribution in [2.24, 2.45) is 0 Å². The van der Waals surface area contributed by atoms with Crippen LogP contribution in [0.3, 0.4) is 0 Å². The second-order valence-corrected chi connectivity index (χ2v) is 5.67. The van der Waals surface area contributed by atoms with E-state index >= 15 is 0 Å². The smallest absolute Gasteiger partial charge is 0.142 e. The third kappa shape index (κ3) is 3.32. The summed E-state index contributed by atoms with van der Waals surface area (Å²) in [5, 5.41) is 0. The van der Waals surface area contributed by atoms with Crippen LogP contribution in [0.1, 0.15) is 42.0 Å². The van der Waals surface area contributed by atoms with Gasteiger partial charge in [-0.2, -0.15) is 0 Å². The Bertz CT molecular complexity index is 602. The first-order valence-corrected chi connectivity index (χ1v) is 7.05. The predicted molar refractivity (Wildman–Crippen MR) is 85.2 cm³/mol. The largest absolute Gasteiger partial charge is 0.487 e. The van der Waals surface area contributed by atoms with Gasteiger partial charge in [0.25, 0.3) is 0 Å². The summed E-state index contributed by atoms with van der Waals surface area (Å²) in [6.45, 7) is 9.07. The minimum atomic E-state index is 0.477. The number of ether oxygens (including phenoxy) is 1. The molecule has 0 amide bonds. The summed E-state index contributed by atoms with van der Waals surface area (Å²) in [5.41, 5.74) is 11.7. The normalized spacial score (nSPS) is 10.8. The lowest BCUT2D eigenvalue weighted by molar-refractivity contribution is 0.307. The fourth-order valence-electron chi connectivity index (χ4n) is 2.22. The molecule has 0 heterocycles. The number of aryl methyl sites for hydroxylation is 2. The number of hydrogen-bond donors (Lipinski definition) is 1. The molecule has 0 bridgehead atoms. The first-order valence-electron chi connectivity index (χ1n) is 7.05. The minimum Gasteiger partial charge on any atom is -0.487 e. The zero-order valence-electron chi connectivity index (χ0n) is 12.7. The molecule has 0 spiro atoms. The molecule has 0 aliphatic heterocycles. The third-order valence-corrected chi connectivity index (χ3v) is 3.58. The van der Waals surface area contributed by atoms with Crippen molar-refractivity contribution in [2.75, 3.05) is 5.73 Å². The van der Waals surface area contributed by atoms with Gasteiger partial charge in [0, 0.05) is 0 Å². The summed E-state index contributed by atoms with van der Waals surface area (Å²) in [5.74, 6) is 1.24. The number of nitrogens with two attached hydrogens (primary N) is 1. The lowest BCUT2D eigenvalue weighted by Gasteiger charge is -2.13. The van der Waals surface area contributed by atoms with Gasteiger partial charge in [-0.1, -0.05) is 43.7 Å². The Morgan fingerprint density at radius 1 is 1.05 bits per heavy atom. The number of rotatable bonds is 4. The average Bonchev–Trinajstić information content (AvgIpc) is 2.38. The Kier molecular flexibility index (Phi) is 4.33. The Hall–Kier alpha value is -1.96. The maximum absolute atomic E-state index is 6.06. The molecule has 0 atom stereocenters. The van der Waals surface area contributed by atoms with E-state index in [0.29, 0.717) is 18.2 Å². The Labute approximate surface area is 121 Å². The molecular formula is C18H23NO. The molecule has 0 aliphatic rings. The summed E-state index contributed by atoms with van der Waals surface area (Å²) in [6, 6.07) is 12.4. The molecule has 106 valence electrons. The highest BCUT2D eigenvalue weighted by Crippen LogP contribution is 2.27. The Morgan fingerprint density at radius 3 is 2.40 bits per heavy atom. The van der Waals surface area contributed by atoms with Crippen LogP contribution < -0.4 is 10.5 Å². The van der Waals surface area contributed by atoms with Crippen molar-refractivity contribution in [3.05, 3.63) is 58.7 Å². The quantitative estimate of drug-likeness (QED) is 0.824.